The summed E-state index contributed by atoms with van der Waals surface area (Å²) in [5.41, 5.74) is 4.99. The van der Waals surface area contributed by atoms with Gasteiger partial charge in [0, 0.05) is 34.0 Å². The third-order valence-corrected chi connectivity index (χ3v) is 8.95. The van der Waals surface area contributed by atoms with Gasteiger partial charge in [-0.25, -0.2) is 0 Å². The summed E-state index contributed by atoms with van der Waals surface area (Å²) in [6, 6.07) is 23.6. The molecule has 1 heterocycles. The zero-order valence-electron chi connectivity index (χ0n) is 22.9. The van der Waals surface area contributed by atoms with Crippen LogP contribution in [0, 0.1) is 17.8 Å². The molecule has 0 saturated carbocycles. The van der Waals surface area contributed by atoms with Crippen LogP contribution in [0.2, 0.25) is 0 Å². The SMILES string of the molecule is CC1=CC(=O)C2=C(CC3C(=CCC4C(=O)N(c5ccc(Nc6ccccc6)cc5)C(=O)C43)C2c2cccc(O)c2)C1=O. The van der Waals surface area contributed by atoms with E-state index in [0.29, 0.717) is 34.4 Å². The summed E-state index contributed by atoms with van der Waals surface area (Å²) in [5.74, 6) is -3.11. The number of carbonyl (C=O) groups excluding carboxylic acids is 4. The average Bonchev–Trinajstić information content (AvgIpc) is 3.25. The first-order chi connectivity index (χ1) is 20.3. The highest BCUT2D eigenvalue weighted by Gasteiger charge is 2.56. The lowest BCUT2D eigenvalue weighted by Gasteiger charge is -2.42. The van der Waals surface area contributed by atoms with Gasteiger partial charge in [0.15, 0.2) is 11.6 Å². The van der Waals surface area contributed by atoms with E-state index in [9.17, 15) is 24.3 Å². The van der Waals surface area contributed by atoms with Crippen LogP contribution in [0.5, 0.6) is 5.75 Å². The number of Topliss-reactive ketones (excluding diaryl/α,β-unsaturated/α-hetero) is 1. The molecule has 208 valence electrons. The van der Waals surface area contributed by atoms with E-state index in [1.54, 1.807) is 37.3 Å². The van der Waals surface area contributed by atoms with Gasteiger partial charge in [-0.2, -0.15) is 0 Å². The summed E-state index contributed by atoms with van der Waals surface area (Å²) in [6.07, 6.45) is 3.95. The van der Waals surface area contributed by atoms with Gasteiger partial charge in [-0.05, 0) is 85.9 Å². The predicted octanol–water partition coefficient (Wildman–Crippen LogP) is 5.77. The number of aromatic hydroxyl groups is 1. The molecule has 0 spiro atoms. The molecule has 1 saturated heterocycles. The molecular weight excluding hydrogens is 528 g/mol. The maximum absolute atomic E-state index is 14.1. The molecule has 2 N–H and O–H groups in total. The maximum Gasteiger partial charge on any atom is 0.238 e. The number of phenols is 1. The second-order valence-corrected chi connectivity index (χ2v) is 11.4. The molecule has 7 nitrogen and oxygen atoms in total. The van der Waals surface area contributed by atoms with Gasteiger partial charge in [-0.15, -0.1) is 0 Å². The topological polar surface area (TPSA) is 104 Å². The lowest BCUT2D eigenvalue weighted by atomic mass is 9.59. The average molecular weight is 557 g/mol. The minimum Gasteiger partial charge on any atom is -0.508 e. The molecular formula is C35H28N2O5. The number of benzene rings is 3. The molecule has 4 atom stereocenters. The molecule has 3 aromatic rings. The number of carbonyl (C=O) groups is 4. The second-order valence-electron chi connectivity index (χ2n) is 11.4. The van der Waals surface area contributed by atoms with Crippen molar-refractivity contribution < 1.29 is 24.3 Å². The molecule has 7 heteroatoms. The number of fused-ring (bicyclic) bond motifs is 3. The number of para-hydroxylation sites is 1. The third-order valence-electron chi connectivity index (χ3n) is 8.95. The number of hydrogen-bond acceptors (Lipinski definition) is 6. The molecule has 0 aromatic heterocycles. The highest BCUT2D eigenvalue weighted by atomic mass is 16.3. The van der Waals surface area contributed by atoms with E-state index in [1.807, 2.05) is 54.6 Å². The number of allylic oxidation sites excluding steroid dienone is 6. The van der Waals surface area contributed by atoms with Crippen LogP contribution < -0.4 is 10.2 Å². The molecule has 7 rings (SSSR count). The molecule has 3 aliphatic carbocycles. The van der Waals surface area contributed by atoms with Gasteiger partial charge in [-0.1, -0.05) is 42.0 Å². The number of nitrogens with zero attached hydrogens (tertiary/aromatic N) is 1. The first-order valence-corrected chi connectivity index (χ1v) is 14.1. The smallest absolute Gasteiger partial charge is 0.238 e. The standard InChI is InChI=1S/C35H28N2O5/c1-19-16-29(39)32-28(33(19)40)18-27-25(30(32)20-6-5-9-24(38)17-20)14-15-26-31(27)35(42)37(34(26)41)23-12-10-22(11-13-23)36-21-7-3-2-4-8-21/h2-14,16-17,26-27,30-31,36,38H,15,18H2,1H3. The summed E-state index contributed by atoms with van der Waals surface area (Å²) >= 11 is 0. The lowest BCUT2D eigenvalue weighted by Crippen LogP contribution is -2.39. The zero-order valence-corrected chi connectivity index (χ0v) is 22.9. The van der Waals surface area contributed by atoms with Crippen LogP contribution in [0.4, 0.5) is 17.1 Å². The highest BCUT2D eigenvalue weighted by molar-refractivity contribution is 6.25. The van der Waals surface area contributed by atoms with E-state index in [-0.39, 0.29) is 35.6 Å². The number of hydrogen-bond donors (Lipinski definition) is 2. The Bertz CT molecular complexity index is 1770. The number of phenolic OH excluding ortho intramolecular Hbond substituents is 1. The Labute approximate surface area is 242 Å². The molecule has 42 heavy (non-hydrogen) atoms. The second kappa shape index (κ2) is 9.80. The normalized spacial score (nSPS) is 25.0. The van der Waals surface area contributed by atoms with Crippen LogP contribution >= 0.6 is 0 Å². The molecule has 0 bridgehead atoms. The van der Waals surface area contributed by atoms with Gasteiger partial charge >= 0.3 is 0 Å². The third kappa shape index (κ3) is 4.04. The van der Waals surface area contributed by atoms with Gasteiger partial charge in [-0.3, -0.25) is 24.1 Å². The largest absolute Gasteiger partial charge is 0.508 e. The van der Waals surface area contributed by atoms with E-state index < -0.39 is 23.7 Å². The van der Waals surface area contributed by atoms with Gasteiger partial charge in [0.2, 0.25) is 11.8 Å². The summed E-state index contributed by atoms with van der Waals surface area (Å²) < 4.78 is 0. The fraction of sp³-hybridized carbons (Fsp3) is 0.200. The van der Waals surface area contributed by atoms with Crippen LogP contribution in [0.25, 0.3) is 0 Å². The quantitative estimate of drug-likeness (QED) is 0.240. The van der Waals surface area contributed by atoms with Gasteiger partial charge in [0.05, 0.1) is 17.5 Å². The minimum absolute atomic E-state index is 0.0517. The highest BCUT2D eigenvalue weighted by Crippen LogP contribution is 2.55. The summed E-state index contributed by atoms with van der Waals surface area (Å²) in [7, 11) is 0. The van der Waals surface area contributed by atoms with E-state index in [4.69, 9.17) is 0 Å². The predicted molar refractivity (Wildman–Crippen MR) is 158 cm³/mol. The Morgan fingerprint density at radius 1 is 0.833 bits per heavy atom. The number of anilines is 3. The molecule has 4 unspecified atom stereocenters. The van der Waals surface area contributed by atoms with Crippen LogP contribution in [0.15, 0.2) is 113 Å². The molecule has 3 aromatic carbocycles. The first kappa shape index (κ1) is 25.9. The molecule has 1 aliphatic heterocycles. The van der Waals surface area contributed by atoms with Crippen molar-refractivity contribution in [1.82, 2.24) is 0 Å². The number of rotatable bonds is 4. The Morgan fingerprint density at radius 2 is 1.57 bits per heavy atom. The van der Waals surface area contributed by atoms with E-state index >= 15 is 0 Å². The van der Waals surface area contributed by atoms with E-state index in [1.165, 1.54) is 11.0 Å². The van der Waals surface area contributed by atoms with Crippen molar-refractivity contribution in [3.8, 4) is 5.75 Å². The summed E-state index contributed by atoms with van der Waals surface area (Å²) in [5, 5.41) is 13.6. The fourth-order valence-electron chi connectivity index (χ4n) is 7.10. The monoisotopic (exact) mass is 556 g/mol. The van der Waals surface area contributed by atoms with E-state index in [0.717, 1.165) is 16.9 Å². The molecule has 0 radical (unpaired) electrons. The van der Waals surface area contributed by atoms with Crippen LogP contribution in [0.1, 0.15) is 31.2 Å². The molecule has 4 aliphatic rings. The Hall–Kier alpha value is -5.04. The van der Waals surface area contributed by atoms with Crippen molar-refractivity contribution in [2.45, 2.75) is 25.7 Å². The first-order valence-electron chi connectivity index (χ1n) is 14.1. The number of amides is 2. The van der Waals surface area contributed by atoms with Crippen LogP contribution in [-0.4, -0.2) is 28.5 Å². The summed E-state index contributed by atoms with van der Waals surface area (Å²) in [6.45, 7) is 1.63. The van der Waals surface area contributed by atoms with Crippen molar-refractivity contribution >= 4 is 40.4 Å². The maximum atomic E-state index is 14.1. The van der Waals surface area contributed by atoms with Gasteiger partial charge in [0.25, 0.3) is 0 Å². The van der Waals surface area contributed by atoms with Crippen molar-refractivity contribution in [2.75, 3.05) is 10.2 Å². The Balaban J connectivity index is 1.25. The molecule has 2 amide bonds. The van der Waals surface area contributed by atoms with Crippen molar-refractivity contribution in [1.29, 1.82) is 0 Å². The van der Waals surface area contributed by atoms with Crippen molar-refractivity contribution in [2.24, 2.45) is 17.8 Å². The Kier molecular flexibility index (Phi) is 6.04. The fourth-order valence-corrected chi connectivity index (χ4v) is 7.10. The van der Waals surface area contributed by atoms with Gasteiger partial charge in [0.1, 0.15) is 5.75 Å². The molecule has 1 fully saturated rings. The number of imide groups is 1. The van der Waals surface area contributed by atoms with E-state index in [2.05, 4.69) is 5.32 Å². The van der Waals surface area contributed by atoms with Gasteiger partial charge < -0.3 is 10.4 Å². The lowest BCUT2D eigenvalue weighted by molar-refractivity contribution is -0.123. The number of ketones is 2. The van der Waals surface area contributed by atoms with Crippen LogP contribution in [0.3, 0.4) is 0 Å². The Morgan fingerprint density at radius 3 is 2.31 bits per heavy atom. The van der Waals surface area contributed by atoms with Crippen molar-refractivity contribution in [3.63, 3.8) is 0 Å². The number of nitrogens with one attached hydrogen (secondary N) is 1. The summed E-state index contributed by atoms with van der Waals surface area (Å²) in [4.78, 5) is 55.8. The minimum atomic E-state index is -0.650. The zero-order chi connectivity index (χ0) is 29.1. The van der Waals surface area contributed by atoms with Crippen LogP contribution in [-0.2, 0) is 19.2 Å². The van der Waals surface area contributed by atoms with Crippen molar-refractivity contribution in [3.05, 3.63) is 119 Å².